The van der Waals surface area contributed by atoms with Gasteiger partial charge in [0.2, 0.25) is 0 Å². The molecule has 0 aliphatic heterocycles. The summed E-state index contributed by atoms with van der Waals surface area (Å²) in [5.41, 5.74) is 1.42. The lowest BCUT2D eigenvalue weighted by atomic mass is 10.1. The maximum absolute atomic E-state index is 5.46. The van der Waals surface area contributed by atoms with Gasteiger partial charge in [0, 0.05) is 5.88 Å². The number of halogens is 1. The summed E-state index contributed by atoms with van der Waals surface area (Å²) in [6, 6.07) is 10.6. The summed E-state index contributed by atoms with van der Waals surface area (Å²) >= 11 is 5.46. The normalized spacial score (nSPS) is 10.1. The van der Waals surface area contributed by atoms with Crippen LogP contribution in [0.1, 0.15) is 24.8 Å². The molecule has 0 bridgehead atoms. The van der Waals surface area contributed by atoms with Gasteiger partial charge in [-0.15, -0.1) is 11.6 Å². The molecule has 0 fully saturated rings. The lowest BCUT2D eigenvalue weighted by molar-refractivity contribution is 0.741. The maximum Gasteiger partial charge on any atom is 0.0499 e. The molecule has 0 heterocycles. The Bertz CT molecular complexity index is 193. The molecule has 0 saturated carbocycles. The summed E-state index contributed by atoms with van der Waals surface area (Å²) in [6.07, 6.45) is 4.62. The molecule has 1 aromatic carbocycles. The number of unbranched alkanes of at least 4 members (excludes halogenated alkanes) is 2. The number of benzene rings is 1. The average molecular weight is 182 g/mol. The van der Waals surface area contributed by atoms with Crippen LogP contribution in [-0.4, -0.2) is 0 Å². The van der Waals surface area contributed by atoms with Gasteiger partial charge in [-0.25, -0.2) is 0 Å². The molecule has 0 aliphatic rings. The molecule has 0 unspecified atom stereocenters. The summed E-state index contributed by atoms with van der Waals surface area (Å²) in [5, 5.41) is 0. The quantitative estimate of drug-likeness (QED) is 0.607. The van der Waals surface area contributed by atoms with E-state index in [1.54, 1.807) is 5.88 Å². The van der Waals surface area contributed by atoms with Crippen LogP contribution in [0.2, 0.25) is 0 Å². The van der Waals surface area contributed by atoms with Crippen LogP contribution in [0.5, 0.6) is 0 Å². The van der Waals surface area contributed by atoms with E-state index in [-0.39, 0.29) is 0 Å². The van der Waals surface area contributed by atoms with Crippen molar-refractivity contribution in [2.24, 2.45) is 0 Å². The van der Waals surface area contributed by atoms with Crippen molar-refractivity contribution in [1.82, 2.24) is 0 Å². The smallest absolute Gasteiger partial charge is 0.0499 e. The highest BCUT2D eigenvalue weighted by molar-refractivity contribution is 6.23. The lowest BCUT2D eigenvalue weighted by Gasteiger charge is -1.98. The zero-order valence-electron chi connectivity index (χ0n) is 7.17. The summed E-state index contributed by atoms with van der Waals surface area (Å²) in [5.74, 6) is 1.71. The molecule has 0 aliphatic carbocycles. The summed E-state index contributed by atoms with van der Waals surface area (Å²) in [4.78, 5) is 0. The zero-order valence-corrected chi connectivity index (χ0v) is 7.93. The second-order valence-corrected chi connectivity index (χ2v) is 3.19. The van der Waals surface area contributed by atoms with Crippen LogP contribution in [0.15, 0.2) is 30.3 Å². The first kappa shape index (κ1) is 9.60. The number of rotatable bonds is 5. The Morgan fingerprint density at radius 2 is 1.83 bits per heavy atom. The van der Waals surface area contributed by atoms with Crippen LogP contribution in [-0.2, 0) is 6.42 Å². The fraction of sp³-hybridized carbons (Fsp3) is 0.364. The summed E-state index contributed by atoms with van der Waals surface area (Å²) in [7, 11) is 0. The highest BCUT2D eigenvalue weighted by atomic mass is 35.5. The standard InChI is InChI=1S/C11H14Cl/c12-10-6-2-5-9-11-7-3-1-4-8-11/h1,3-4,7-8,10H,2,5-6,9H2. The van der Waals surface area contributed by atoms with Gasteiger partial charge in [0.05, 0.1) is 0 Å². The molecule has 1 aromatic rings. The molecular weight excluding hydrogens is 168 g/mol. The third kappa shape index (κ3) is 3.77. The molecule has 1 heteroatoms. The van der Waals surface area contributed by atoms with Gasteiger partial charge in [-0.3, -0.25) is 0 Å². The Morgan fingerprint density at radius 3 is 2.50 bits per heavy atom. The van der Waals surface area contributed by atoms with Crippen molar-refractivity contribution in [2.45, 2.75) is 25.7 Å². The van der Waals surface area contributed by atoms with Crippen molar-refractivity contribution in [3.63, 3.8) is 0 Å². The Morgan fingerprint density at radius 1 is 1.08 bits per heavy atom. The SMILES string of the molecule is Cl[CH]CCCCc1ccccc1. The second-order valence-electron chi connectivity index (χ2n) is 2.89. The highest BCUT2D eigenvalue weighted by Gasteiger charge is 1.91. The van der Waals surface area contributed by atoms with Gasteiger partial charge < -0.3 is 0 Å². The topological polar surface area (TPSA) is 0 Å². The van der Waals surface area contributed by atoms with Gasteiger partial charge >= 0.3 is 0 Å². The minimum atomic E-state index is 1.02. The van der Waals surface area contributed by atoms with Crippen molar-refractivity contribution in [1.29, 1.82) is 0 Å². The Hall–Kier alpha value is -0.490. The van der Waals surface area contributed by atoms with E-state index in [0.29, 0.717) is 0 Å². The molecule has 65 valence electrons. The third-order valence-electron chi connectivity index (χ3n) is 1.87. The predicted molar refractivity (Wildman–Crippen MR) is 54.2 cm³/mol. The van der Waals surface area contributed by atoms with Crippen molar-refractivity contribution >= 4 is 11.6 Å². The van der Waals surface area contributed by atoms with Gasteiger partial charge in [0.25, 0.3) is 0 Å². The predicted octanol–water partition coefficient (Wildman–Crippen LogP) is 3.80. The number of aryl methyl sites for hydroxylation is 1. The number of hydrogen-bond donors (Lipinski definition) is 0. The van der Waals surface area contributed by atoms with E-state index < -0.39 is 0 Å². The fourth-order valence-corrected chi connectivity index (χ4v) is 1.35. The van der Waals surface area contributed by atoms with Crippen LogP contribution >= 0.6 is 11.6 Å². The molecule has 0 amide bonds. The van der Waals surface area contributed by atoms with Crippen LogP contribution < -0.4 is 0 Å². The molecule has 0 N–H and O–H groups in total. The van der Waals surface area contributed by atoms with E-state index in [4.69, 9.17) is 11.6 Å². The van der Waals surface area contributed by atoms with Crippen molar-refractivity contribution in [2.75, 3.05) is 0 Å². The van der Waals surface area contributed by atoms with E-state index in [9.17, 15) is 0 Å². The zero-order chi connectivity index (χ0) is 8.65. The Kier molecular flexibility index (Phi) is 4.86. The fourth-order valence-electron chi connectivity index (χ4n) is 1.20. The lowest BCUT2D eigenvalue weighted by Crippen LogP contribution is -1.84. The highest BCUT2D eigenvalue weighted by Crippen LogP contribution is 2.07. The van der Waals surface area contributed by atoms with Gasteiger partial charge in [0.15, 0.2) is 0 Å². The maximum atomic E-state index is 5.46. The van der Waals surface area contributed by atoms with E-state index in [2.05, 4.69) is 30.3 Å². The first-order valence-electron chi connectivity index (χ1n) is 4.39. The van der Waals surface area contributed by atoms with Crippen LogP contribution in [0, 0.1) is 5.88 Å². The molecule has 0 saturated heterocycles. The summed E-state index contributed by atoms with van der Waals surface area (Å²) in [6.45, 7) is 0. The van der Waals surface area contributed by atoms with E-state index in [0.717, 1.165) is 6.42 Å². The van der Waals surface area contributed by atoms with Crippen LogP contribution in [0.25, 0.3) is 0 Å². The molecule has 0 nitrogen and oxygen atoms in total. The van der Waals surface area contributed by atoms with Gasteiger partial charge in [-0.2, -0.15) is 0 Å². The Labute approximate surface area is 79.6 Å². The average Bonchev–Trinajstić information content (AvgIpc) is 2.14. The molecule has 1 rings (SSSR count). The first-order valence-corrected chi connectivity index (χ1v) is 4.83. The van der Waals surface area contributed by atoms with Gasteiger partial charge in [-0.05, 0) is 24.8 Å². The number of hydrogen-bond acceptors (Lipinski definition) is 0. The van der Waals surface area contributed by atoms with Crippen molar-refractivity contribution in [3.05, 3.63) is 41.8 Å². The third-order valence-corrected chi connectivity index (χ3v) is 2.09. The summed E-state index contributed by atoms with van der Waals surface area (Å²) < 4.78 is 0. The second kappa shape index (κ2) is 6.07. The van der Waals surface area contributed by atoms with E-state index >= 15 is 0 Å². The molecular formula is C11H14Cl. The van der Waals surface area contributed by atoms with Crippen molar-refractivity contribution in [3.8, 4) is 0 Å². The van der Waals surface area contributed by atoms with Crippen LogP contribution in [0.3, 0.4) is 0 Å². The molecule has 1 radical (unpaired) electrons. The minimum absolute atomic E-state index is 1.02. The monoisotopic (exact) mass is 181 g/mol. The molecule has 12 heavy (non-hydrogen) atoms. The molecule has 0 spiro atoms. The van der Waals surface area contributed by atoms with Crippen LogP contribution in [0.4, 0.5) is 0 Å². The first-order chi connectivity index (χ1) is 5.93. The van der Waals surface area contributed by atoms with Gasteiger partial charge in [0.1, 0.15) is 0 Å². The van der Waals surface area contributed by atoms with Crippen molar-refractivity contribution < 1.29 is 0 Å². The largest absolute Gasteiger partial charge is 0.121 e. The molecule has 0 atom stereocenters. The van der Waals surface area contributed by atoms with E-state index in [1.807, 2.05) is 0 Å². The Balaban J connectivity index is 2.16. The minimum Gasteiger partial charge on any atom is -0.121 e. The molecule has 0 aromatic heterocycles. The van der Waals surface area contributed by atoms with E-state index in [1.165, 1.54) is 24.8 Å². The van der Waals surface area contributed by atoms with Gasteiger partial charge in [-0.1, -0.05) is 36.8 Å².